The molecule has 9 heteroatoms. The quantitative estimate of drug-likeness (QED) is 0.389. The summed E-state index contributed by atoms with van der Waals surface area (Å²) in [5.74, 6) is 0.353. The topological polar surface area (TPSA) is 91.7 Å². The first-order chi connectivity index (χ1) is 17.5. The van der Waals surface area contributed by atoms with Gasteiger partial charge in [-0.05, 0) is 55.0 Å². The molecule has 2 N–H and O–H groups in total. The lowest BCUT2D eigenvalue weighted by molar-refractivity contribution is -0.125. The van der Waals surface area contributed by atoms with Gasteiger partial charge in [0.25, 0.3) is 0 Å². The van der Waals surface area contributed by atoms with Gasteiger partial charge in [-0.15, -0.1) is 5.10 Å². The van der Waals surface area contributed by atoms with Gasteiger partial charge < -0.3 is 15.2 Å². The number of carbonyl (C=O) groups is 1. The maximum Gasteiger partial charge on any atom is 0.225 e. The molecule has 6 rings (SSSR count). The molecule has 0 radical (unpaired) electrons. The molecule has 2 aromatic carbocycles. The van der Waals surface area contributed by atoms with Gasteiger partial charge in [0.15, 0.2) is 5.65 Å². The summed E-state index contributed by atoms with van der Waals surface area (Å²) in [6.07, 6.45) is 5.02. The molecule has 182 valence electrons. The molecule has 8 nitrogen and oxygen atoms in total. The number of piperidine rings is 1. The van der Waals surface area contributed by atoms with Crippen LogP contribution >= 0.6 is 0 Å². The average Bonchev–Trinajstić information content (AvgIpc) is 3.53. The van der Waals surface area contributed by atoms with Gasteiger partial charge in [0.1, 0.15) is 18.0 Å². The molecule has 1 aliphatic rings. The van der Waals surface area contributed by atoms with Crippen LogP contribution in [0.4, 0.5) is 10.2 Å². The van der Waals surface area contributed by atoms with Crippen molar-refractivity contribution in [3.8, 4) is 5.69 Å². The zero-order valence-electron chi connectivity index (χ0n) is 19.9. The van der Waals surface area contributed by atoms with E-state index in [0.29, 0.717) is 30.0 Å². The predicted molar refractivity (Wildman–Crippen MR) is 136 cm³/mol. The van der Waals surface area contributed by atoms with Crippen LogP contribution in [-0.2, 0) is 11.3 Å². The number of halogens is 1. The molecule has 0 saturated carbocycles. The number of H-pyrrole nitrogens is 1. The molecule has 4 heterocycles. The first-order valence-electron chi connectivity index (χ1n) is 12.1. The van der Waals surface area contributed by atoms with E-state index in [2.05, 4.69) is 42.4 Å². The Kier molecular flexibility index (Phi) is 5.59. The monoisotopic (exact) mass is 483 g/mol. The summed E-state index contributed by atoms with van der Waals surface area (Å²) in [5, 5.41) is 9.53. The fourth-order valence-corrected chi connectivity index (χ4v) is 4.87. The van der Waals surface area contributed by atoms with Crippen LogP contribution in [0.3, 0.4) is 0 Å². The summed E-state index contributed by atoms with van der Waals surface area (Å²) >= 11 is 0. The largest absolute Gasteiger partial charge is 0.357 e. The van der Waals surface area contributed by atoms with Crippen LogP contribution < -0.4 is 10.2 Å². The van der Waals surface area contributed by atoms with Crippen LogP contribution in [-0.4, -0.2) is 43.7 Å². The van der Waals surface area contributed by atoms with Gasteiger partial charge >= 0.3 is 0 Å². The highest BCUT2D eigenvalue weighted by Crippen LogP contribution is 2.28. The van der Waals surface area contributed by atoms with Gasteiger partial charge in [0.2, 0.25) is 5.91 Å². The Morgan fingerprint density at radius 2 is 2.08 bits per heavy atom. The number of nitrogens with zero attached hydrogens (tertiary/aromatic N) is 5. The van der Waals surface area contributed by atoms with Crippen LogP contribution in [0.1, 0.15) is 24.1 Å². The number of carbonyl (C=O) groups excluding carboxylic acids is 1. The number of para-hydroxylation sites is 1. The highest BCUT2D eigenvalue weighted by Gasteiger charge is 2.28. The van der Waals surface area contributed by atoms with E-state index in [1.807, 2.05) is 30.5 Å². The maximum absolute atomic E-state index is 14.1. The molecule has 1 unspecified atom stereocenters. The van der Waals surface area contributed by atoms with Gasteiger partial charge in [0.05, 0.1) is 23.5 Å². The van der Waals surface area contributed by atoms with Gasteiger partial charge in [-0.3, -0.25) is 4.79 Å². The molecule has 1 aliphatic heterocycles. The van der Waals surface area contributed by atoms with E-state index < -0.39 is 0 Å². The Bertz CT molecular complexity index is 1540. The van der Waals surface area contributed by atoms with Gasteiger partial charge in [-0.25, -0.2) is 19.0 Å². The van der Waals surface area contributed by atoms with E-state index in [1.165, 1.54) is 12.4 Å². The third kappa shape index (κ3) is 4.17. The third-order valence-electron chi connectivity index (χ3n) is 6.85. The SMILES string of the molecule is Cc1ccc(-n2cc3c(N4CCCC(C(=O)NCc5cc6ccccc6[nH]5)C4)ncnc3n2)cc1F. The minimum absolute atomic E-state index is 0.0366. The summed E-state index contributed by atoms with van der Waals surface area (Å²) in [6.45, 7) is 3.55. The normalized spacial score (nSPS) is 16.1. The van der Waals surface area contributed by atoms with Crippen molar-refractivity contribution in [2.24, 2.45) is 5.92 Å². The molecule has 1 fully saturated rings. The number of hydrogen-bond donors (Lipinski definition) is 2. The van der Waals surface area contributed by atoms with E-state index >= 15 is 0 Å². The van der Waals surface area contributed by atoms with Crippen LogP contribution in [0, 0.1) is 18.7 Å². The minimum Gasteiger partial charge on any atom is -0.357 e. The molecule has 0 bridgehead atoms. The minimum atomic E-state index is -0.282. The van der Waals surface area contributed by atoms with Crippen molar-refractivity contribution in [1.82, 2.24) is 30.0 Å². The maximum atomic E-state index is 14.1. The van der Waals surface area contributed by atoms with Crippen LogP contribution in [0.2, 0.25) is 0 Å². The second kappa shape index (κ2) is 9.07. The molecule has 3 aromatic heterocycles. The van der Waals surface area contributed by atoms with E-state index in [1.54, 1.807) is 17.7 Å². The number of rotatable bonds is 5. The molecule has 36 heavy (non-hydrogen) atoms. The average molecular weight is 484 g/mol. The Hall–Kier alpha value is -4.27. The standard InChI is InChI=1S/C27H26FN7O/c1-17-8-9-21(12-23(17)28)35-15-22-25(33-35)30-16-31-26(22)34-10-4-6-19(14-34)27(36)29-13-20-11-18-5-2-3-7-24(18)32-20/h2-3,5,7-9,11-12,15-16,19,32H,4,6,10,13-14H2,1H3,(H,29,36). The number of fused-ring (bicyclic) bond motifs is 2. The van der Waals surface area contributed by atoms with Crippen LogP contribution in [0.15, 0.2) is 61.1 Å². The molecule has 5 aromatic rings. The molecule has 0 aliphatic carbocycles. The Labute approximate surface area is 207 Å². The van der Waals surface area contributed by atoms with Gasteiger partial charge in [-0.1, -0.05) is 24.3 Å². The number of aromatic amines is 1. The van der Waals surface area contributed by atoms with Crippen molar-refractivity contribution in [1.29, 1.82) is 0 Å². The number of aromatic nitrogens is 5. The van der Waals surface area contributed by atoms with Gasteiger partial charge in [0, 0.05) is 30.5 Å². The fraction of sp³-hybridized carbons (Fsp3) is 0.259. The number of anilines is 1. The lowest BCUT2D eigenvalue weighted by atomic mass is 9.97. The Morgan fingerprint density at radius 3 is 2.94 bits per heavy atom. The van der Waals surface area contributed by atoms with Crippen molar-refractivity contribution in [2.45, 2.75) is 26.3 Å². The summed E-state index contributed by atoms with van der Waals surface area (Å²) in [4.78, 5) is 27.4. The lowest BCUT2D eigenvalue weighted by Gasteiger charge is -2.33. The Morgan fingerprint density at radius 1 is 1.19 bits per heavy atom. The van der Waals surface area contributed by atoms with Crippen molar-refractivity contribution in [2.75, 3.05) is 18.0 Å². The number of benzene rings is 2. The molecular formula is C27H26FN7O. The smallest absolute Gasteiger partial charge is 0.225 e. The molecule has 1 saturated heterocycles. The molecule has 1 amide bonds. The highest BCUT2D eigenvalue weighted by atomic mass is 19.1. The first kappa shape index (κ1) is 22.2. The second-order valence-electron chi connectivity index (χ2n) is 9.33. The van der Waals surface area contributed by atoms with Crippen LogP contribution in [0.25, 0.3) is 27.6 Å². The number of aryl methyl sites for hydroxylation is 1. The Balaban J connectivity index is 1.19. The van der Waals surface area contributed by atoms with Crippen molar-refractivity contribution < 1.29 is 9.18 Å². The summed E-state index contributed by atoms with van der Waals surface area (Å²) in [7, 11) is 0. The van der Waals surface area contributed by atoms with Crippen molar-refractivity contribution in [3.05, 3.63) is 78.1 Å². The third-order valence-corrected chi connectivity index (χ3v) is 6.85. The predicted octanol–water partition coefficient (Wildman–Crippen LogP) is 4.28. The summed E-state index contributed by atoms with van der Waals surface area (Å²) < 4.78 is 15.7. The number of hydrogen-bond acceptors (Lipinski definition) is 5. The molecule has 1 atom stereocenters. The zero-order valence-corrected chi connectivity index (χ0v) is 19.9. The number of nitrogens with one attached hydrogen (secondary N) is 2. The fourth-order valence-electron chi connectivity index (χ4n) is 4.87. The summed E-state index contributed by atoms with van der Waals surface area (Å²) in [6, 6.07) is 15.2. The highest BCUT2D eigenvalue weighted by molar-refractivity contribution is 5.87. The van der Waals surface area contributed by atoms with E-state index in [0.717, 1.165) is 47.2 Å². The molecule has 0 spiro atoms. The summed E-state index contributed by atoms with van der Waals surface area (Å²) in [5.41, 5.74) is 3.78. The number of amides is 1. The van der Waals surface area contributed by atoms with E-state index in [-0.39, 0.29) is 17.6 Å². The van der Waals surface area contributed by atoms with Crippen molar-refractivity contribution >= 4 is 33.7 Å². The van der Waals surface area contributed by atoms with Gasteiger partial charge in [-0.2, -0.15) is 0 Å². The second-order valence-corrected chi connectivity index (χ2v) is 9.33. The van der Waals surface area contributed by atoms with Crippen LogP contribution in [0.5, 0.6) is 0 Å². The zero-order chi connectivity index (χ0) is 24.6. The lowest BCUT2D eigenvalue weighted by Crippen LogP contribution is -2.43. The first-order valence-corrected chi connectivity index (χ1v) is 12.1. The molecular weight excluding hydrogens is 457 g/mol. The van der Waals surface area contributed by atoms with Crippen molar-refractivity contribution in [3.63, 3.8) is 0 Å². The van der Waals surface area contributed by atoms with E-state index in [4.69, 9.17) is 0 Å². The van der Waals surface area contributed by atoms with E-state index in [9.17, 15) is 9.18 Å².